The van der Waals surface area contributed by atoms with Crippen LogP contribution in [-0.4, -0.2) is 53.2 Å². The van der Waals surface area contributed by atoms with E-state index in [4.69, 9.17) is 9.15 Å². The molecule has 4 rings (SSSR count). The van der Waals surface area contributed by atoms with Gasteiger partial charge in [0.05, 0.1) is 19.3 Å². The van der Waals surface area contributed by atoms with Gasteiger partial charge in [-0.15, -0.1) is 0 Å². The number of carbonyl (C=O) groups excluding carboxylic acids is 1. The number of pyridine rings is 1. The molecular weight excluding hydrogens is 374 g/mol. The van der Waals surface area contributed by atoms with Crippen LogP contribution in [0.3, 0.4) is 0 Å². The van der Waals surface area contributed by atoms with Gasteiger partial charge in [-0.3, -0.25) is 0 Å². The number of aliphatic hydroxyl groups is 1. The molecule has 0 bridgehead atoms. The molecule has 0 radical (unpaired) electrons. The number of hydrogen-bond donors (Lipinski definition) is 2. The number of piperidine rings is 1. The number of aliphatic hydroxyl groups excluding tert-OH is 1. The van der Waals surface area contributed by atoms with Crippen LogP contribution in [0.25, 0.3) is 11.6 Å². The van der Waals surface area contributed by atoms with Crippen molar-refractivity contribution < 1.29 is 24.2 Å². The van der Waals surface area contributed by atoms with Gasteiger partial charge in [-0.2, -0.15) is 0 Å². The van der Waals surface area contributed by atoms with Crippen LogP contribution in [0.1, 0.15) is 47.9 Å². The van der Waals surface area contributed by atoms with E-state index in [0.29, 0.717) is 12.4 Å². The highest BCUT2D eigenvalue weighted by molar-refractivity contribution is 6.21. The summed E-state index contributed by atoms with van der Waals surface area (Å²) in [5.74, 6) is 0.0279. The Morgan fingerprint density at radius 2 is 2.31 bits per heavy atom. The lowest BCUT2D eigenvalue weighted by atomic mass is 10.0. The smallest absolute Gasteiger partial charge is 0.347 e. The van der Waals surface area contributed by atoms with Crippen molar-refractivity contribution in [3.05, 3.63) is 35.2 Å². The van der Waals surface area contributed by atoms with E-state index in [-0.39, 0.29) is 42.2 Å². The third kappa shape index (κ3) is 3.51. The lowest BCUT2D eigenvalue weighted by Crippen LogP contribution is -2.42. The van der Waals surface area contributed by atoms with E-state index in [1.165, 1.54) is 0 Å². The Balaban J connectivity index is 1.79. The van der Waals surface area contributed by atoms with E-state index >= 15 is 0 Å². The first-order valence-corrected chi connectivity index (χ1v) is 9.75. The lowest BCUT2D eigenvalue weighted by Gasteiger charge is -2.34. The maximum Gasteiger partial charge on any atom is 0.347 e. The summed E-state index contributed by atoms with van der Waals surface area (Å²) in [6.07, 6.45) is 7.61. The van der Waals surface area contributed by atoms with Crippen LogP contribution in [0.4, 0.5) is 11.7 Å². The van der Waals surface area contributed by atoms with Gasteiger partial charge in [-0.1, -0.05) is 0 Å². The summed E-state index contributed by atoms with van der Waals surface area (Å²) in [5, 5.41) is 20.6. The molecule has 0 saturated carbocycles. The van der Waals surface area contributed by atoms with Crippen molar-refractivity contribution in [3.8, 4) is 5.75 Å². The van der Waals surface area contributed by atoms with Gasteiger partial charge >= 0.3 is 5.97 Å². The Kier molecular flexibility index (Phi) is 5.35. The highest BCUT2D eigenvalue weighted by atomic mass is 16.5. The monoisotopic (exact) mass is 397 g/mol. The number of aliphatic imine (C=N–C) groups is 1. The van der Waals surface area contributed by atoms with E-state index < -0.39 is 5.97 Å². The predicted molar refractivity (Wildman–Crippen MR) is 109 cm³/mol. The molecule has 2 aromatic heterocycles. The molecule has 8 heteroatoms. The van der Waals surface area contributed by atoms with Gasteiger partial charge in [0.25, 0.3) is 0 Å². The van der Waals surface area contributed by atoms with Crippen molar-refractivity contribution in [2.45, 2.75) is 32.2 Å². The fraction of sp³-hybridized carbons (Fsp3) is 0.381. The third-order valence-electron chi connectivity index (χ3n) is 5.18. The molecular formula is C21H23N3O5. The van der Waals surface area contributed by atoms with Gasteiger partial charge in [0.15, 0.2) is 22.9 Å². The number of aromatic nitrogens is 1. The van der Waals surface area contributed by atoms with Crippen LogP contribution >= 0.6 is 0 Å². The molecule has 1 fully saturated rings. The van der Waals surface area contributed by atoms with E-state index in [1.807, 2.05) is 11.0 Å². The first-order chi connectivity index (χ1) is 14.1. The van der Waals surface area contributed by atoms with E-state index in [9.17, 15) is 15.0 Å². The molecule has 1 atom stereocenters. The topological polar surface area (TPSA) is 108 Å². The summed E-state index contributed by atoms with van der Waals surface area (Å²) in [5.41, 5.74) is 1.52. The Hall–Kier alpha value is -3.13. The van der Waals surface area contributed by atoms with Crippen LogP contribution in [0.15, 0.2) is 27.7 Å². The number of furan rings is 1. The number of rotatable bonds is 5. The minimum atomic E-state index is -0.655. The van der Waals surface area contributed by atoms with Crippen LogP contribution < -0.4 is 4.90 Å². The zero-order chi connectivity index (χ0) is 20.4. The molecule has 0 aromatic carbocycles. The standard InChI is InChI=1S/C21H23N3O5/c1-2-28-21(27)17-18(26)16(10-13-11-23-19-15(13)7-5-8-22-19)29-20(17)24-9-4-3-6-14(24)12-25/h5,7-8,10-11,14,25-26H,2-4,6,9,12H2,1H3. The maximum absolute atomic E-state index is 12.6. The Morgan fingerprint density at radius 1 is 1.45 bits per heavy atom. The Morgan fingerprint density at radius 3 is 3.10 bits per heavy atom. The number of nitrogens with zero attached hydrogens (tertiary/aromatic N) is 3. The second-order valence-corrected chi connectivity index (χ2v) is 6.97. The largest absolute Gasteiger partial charge is 0.504 e. The van der Waals surface area contributed by atoms with Gasteiger partial charge in [0, 0.05) is 30.1 Å². The van der Waals surface area contributed by atoms with Crippen molar-refractivity contribution in [1.29, 1.82) is 0 Å². The van der Waals surface area contributed by atoms with Gasteiger partial charge in [0.2, 0.25) is 5.88 Å². The second-order valence-electron chi connectivity index (χ2n) is 6.97. The van der Waals surface area contributed by atoms with E-state index in [2.05, 4.69) is 9.98 Å². The molecule has 0 aliphatic carbocycles. The van der Waals surface area contributed by atoms with Crippen molar-refractivity contribution >= 4 is 35.5 Å². The fourth-order valence-electron chi connectivity index (χ4n) is 3.75. The van der Waals surface area contributed by atoms with E-state index in [0.717, 1.165) is 30.4 Å². The molecule has 0 spiro atoms. The van der Waals surface area contributed by atoms with Gasteiger partial charge < -0.3 is 24.3 Å². The quantitative estimate of drug-likeness (QED) is 0.746. The van der Waals surface area contributed by atoms with Gasteiger partial charge in [-0.25, -0.2) is 14.8 Å². The fourth-order valence-corrected chi connectivity index (χ4v) is 3.75. The third-order valence-corrected chi connectivity index (χ3v) is 5.18. The molecule has 0 amide bonds. The number of carbonyl (C=O) groups is 1. The number of fused-ring (bicyclic) bond motifs is 1. The van der Waals surface area contributed by atoms with Crippen LogP contribution in [0.2, 0.25) is 0 Å². The Labute approximate surface area is 168 Å². The molecule has 2 aliphatic heterocycles. The normalized spacial score (nSPS) is 19.6. The van der Waals surface area contributed by atoms with Crippen molar-refractivity contribution in [3.63, 3.8) is 0 Å². The van der Waals surface area contributed by atoms with Gasteiger partial charge in [0.1, 0.15) is 0 Å². The minimum absolute atomic E-state index is 0.0135. The molecule has 29 heavy (non-hydrogen) atoms. The number of aromatic hydroxyl groups is 1. The molecule has 2 aromatic rings. The number of ether oxygens (including phenoxy) is 1. The van der Waals surface area contributed by atoms with E-state index in [1.54, 1.807) is 31.5 Å². The highest BCUT2D eigenvalue weighted by Gasteiger charge is 2.34. The molecule has 152 valence electrons. The number of anilines is 1. The van der Waals surface area contributed by atoms with Crippen LogP contribution in [0, 0.1) is 0 Å². The molecule has 2 aliphatic rings. The SMILES string of the molecule is CCOC(=O)c1c(N2CCCCC2CO)oc(C=C2C=Nc3ncccc32)c1O. The van der Waals surface area contributed by atoms with Crippen molar-refractivity contribution in [1.82, 2.24) is 4.98 Å². The summed E-state index contributed by atoms with van der Waals surface area (Å²) < 4.78 is 11.1. The Bertz CT molecular complexity index is 979. The molecule has 2 N–H and O–H groups in total. The summed E-state index contributed by atoms with van der Waals surface area (Å²) in [7, 11) is 0. The molecule has 1 unspecified atom stereocenters. The summed E-state index contributed by atoms with van der Waals surface area (Å²) >= 11 is 0. The minimum Gasteiger partial charge on any atom is -0.504 e. The van der Waals surface area contributed by atoms with Gasteiger partial charge in [-0.05, 0) is 44.4 Å². The number of hydrogen-bond acceptors (Lipinski definition) is 8. The first kappa shape index (κ1) is 19.2. The molecule has 4 heterocycles. The zero-order valence-corrected chi connectivity index (χ0v) is 16.2. The summed E-state index contributed by atoms with van der Waals surface area (Å²) in [6, 6.07) is 3.50. The second kappa shape index (κ2) is 8.08. The maximum atomic E-state index is 12.6. The van der Waals surface area contributed by atoms with Crippen molar-refractivity contribution in [2.75, 3.05) is 24.7 Å². The van der Waals surface area contributed by atoms with Crippen LogP contribution in [0.5, 0.6) is 5.75 Å². The van der Waals surface area contributed by atoms with Crippen LogP contribution in [-0.2, 0) is 4.74 Å². The summed E-state index contributed by atoms with van der Waals surface area (Å²) in [6.45, 7) is 2.43. The van der Waals surface area contributed by atoms with Crippen molar-refractivity contribution in [2.24, 2.45) is 4.99 Å². The lowest BCUT2D eigenvalue weighted by molar-refractivity contribution is 0.0523. The predicted octanol–water partition coefficient (Wildman–Crippen LogP) is 3.16. The number of esters is 1. The first-order valence-electron chi connectivity index (χ1n) is 9.75. The molecule has 8 nitrogen and oxygen atoms in total. The molecule has 1 saturated heterocycles. The summed E-state index contributed by atoms with van der Waals surface area (Å²) in [4.78, 5) is 22.9. The number of allylic oxidation sites excluding steroid dienone is 1. The average Bonchev–Trinajstić information content (AvgIpc) is 3.30. The zero-order valence-electron chi connectivity index (χ0n) is 16.2. The highest BCUT2D eigenvalue weighted by Crippen LogP contribution is 2.41. The average molecular weight is 397 g/mol.